The van der Waals surface area contributed by atoms with Gasteiger partial charge in [0, 0.05) is 12.0 Å². The van der Waals surface area contributed by atoms with Gasteiger partial charge < -0.3 is 15.8 Å². The number of hydrogen-bond acceptors (Lipinski definition) is 4. The number of ether oxygens (including phenoxy) is 1. The monoisotopic (exact) mass is 358 g/mol. The second-order valence-corrected chi connectivity index (χ2v) is 8.01. The molecule has 1 aliphatic carbocycles. The second-order valence-electron chi connectivity index (χ2n) is 6.96. The number of carbonyl (C=O) groups is 2. The lowest BCUT2D eigenvalue weighted by Gasteiger charge is -2.32. The summed E-state index contributed by atoms with van der Waals surface area (Å²) in [4.78, 5) is 25.7. The zero-order valence-electron chi connectivity index (χ0n) is 14.6. The van der Waals surface area contributed by atoms with Crippen LogP contribution in [0.5, 0.6) is 0 Å². The first-order valence-corrected chi connectivity index (χ1v) is 8.97. The van der Waals surface area contributed by atoms with Crippen molar-refractivity contribution in [3.05, 3.63) is 46.3 Å². The summed E-state index contributed by atoms with van der Waals surface area (Å²) < 4.78 is 4.94. The predicted octanol–water partition coefficient (Wildman–Crippen LogP) is 2.48. The smallest absolute Gasteiger partial charge is 0.262 e. The first-order valence-electron chi connectivity index (χ1n) is 8.15. The Labute approximate surface area is 151 Å². The Bertz CT molecular complexity index is 826. The average molecular weight is 358 g/mol. The van der Waals surface area contributed by atoms with Crippen LogP contribution in [0, 0.1) is 0 Å². The van der Waals surface area contributed by atoms with E-state index in [0.717, 1.165) is 11.3 Å². The van der Waals surface area contributed by atoms with Crippen LogP contribution >= 0.6 is 11.3 Å². The highest BCUT2D eigenvalue weighted by atomic mass is 32.1. The van der Waals surface area contributed by atoms with Gasteiger partial charge >= 0.3 is 0 Å². The summed E-state index contributed by atoms with van der Waals surface area (Å²) in [6.07, 6.45) is 0.875. The molecule has 1 aromatic heterocycles. The molecule has 25 heavy (non-hydrogen) atoms. The fraction of sp³-hybridized carbons (Fsp3) is 0.368. The standard InChI is InChI=1S/C19H22N2O3S/c1-19(2)9-11-8-15(18(23)21-14(10-24-3)17(20)22)25-16(11)12-6-4-5-7-13(12)19/h4-8,14H,9-10H2,1-3H3,(H2,20,22)(H,21,23). The molecular weight excluding hydrogens is 336 g/mol. The van der Waals surface area contributed by atoms with E-state index in [1.165, 1.54) is 35.1 Å². The van der Waals surface area contributed by atoms with Gasteiger partial charge in [-0.3, -0.25) is 9.59 Å². The number of nitrogens with two attached hydrogens (primary N) is 1. The Balaban J connectivity index is 1.92. The van der Waals surface area contributed by atoms with Gasteiger partial charge in [-0.25, -0.2) is 0 Å². The summed E-state index contributed by atoms with van der Waals surface area (Å²) in [5, 5.41) is 2.66. The van der Waals surface area contributed by atoms with Gasteiger partial charge in [0.25, 0.3) is 5.91 Å². The Hall–Kier alpha value is -2.18. The lowest BCUT2D eigenvalue weighted by atomic mass is 9.73. The van der Waals surface area contributed by atoms with Crippen molar-refractivity contribution >= 4 is 23.2 Å². The SMILES string of the molecule is COCC(NC(=O)c1cc2c(s1)-c1ccccc1C(C)(C)C2)C(N)=O. The van der Waals surface area contributed by atoms with Crippen LogP contribution < -0.4 is 11.1 Å². The Morgan fingerprint density at radius 3 is 2.76 bits per heavy atom. The lowest BCUT2D eigenvalue weighted by Crippen LogP contribution is -2.47. The van der Waals surface area contributed by atoms with Crippen LogP contribution in [0.2, 0.25) is 0 Å². The van der Waals surface area contributed by atoms with Crippen molar-refractivity contribution in [2.45, 2.75) is 31.7 Å². The van der Waals surface area contributed by atoms with Gasteiger partial charge in [0.2, 0.25) is 5.91 Å². The molecule has 3 rings (SSSR count). The first-order chi connectivity index (χ1) is 11.8. The number of amides is 2. The fourth-order valence-corrected chi connectivity index (χ4v) is 4.46. The minimum atomic E-state index is -0.833. The number of hydrogen-bond donors (Lipinski definition) is 2. The number of rotatable bonds is 5. The molecule has 2 amide bonds. The number of nitrogens with one attached hydrogen (secondary N) is 1. The van der Waals surface area contributed by atoms with Crippen LogP contribution in [0.15, 0.2) is 30.3 Å². The lowest BCUT2D eigenvalue weighted by molar-refractivity contribution is -0.121. The molecule has 0 bridgehead atoms. The minimum Gasteiger partial charge on any atom is -0.382 e. The Morgan fingerprint density at radius 1 is 1.36 bits per heavy atom. The molecule has 1 aromatic carbocycles. The van der Waals surface area contributed by atoms with E-state index in [4.69, 9.17) is 10.5 Å². The van der Waals surface area contributed by atoms with Crippen molar-refractivity contribution in [3.8, 4) is 10.4 Å². The van der Waals surface area contributed by atoms with E-state index in [9.17, 15) is 9.59 Å². The molecule has 5 nitrogen and oxygen atoms in total. The third kappa shape index (κ3) is 3.32. The molecule has 0 saturated heterocycles. The number of fused-ring (bicyclic) bond motifs is 3. The van der Waals surface area contributed by atoms with E-state index in [1.54, 1.807) is 0 Å². The van der Waals surface area contributed by atoms with Gasteiger partial charge in [-0.15, -0.1) is 11.3 Å². The second kappa shape index (κ2) is 6.61. The van der Waals surface area contributed by atoms with Crippen molar-refractivity contribution in [3.63, 3.8) is 0 Å². The van der Waals surface area contributed by atoms with Crippen molar-refractivity contribution in [2.24, 2.45) is 5.73 Å². The van der Waals surface area contributed by atoms with Crippen molar-refractivity contribution in [1.29, 1.82) is 0 Å². The number of carbonyl (C=O) groups excluding carboxylic acids is 2. The average Bonchev–Trinajstić information content (AvgIpc) is 2.97. The molecule has 3 N–H and O–H groups in total. The van der Waals surface area contributed by atoms with E-state index in [-0.39, 0.29) is 17.9 Å². The normalized spacial score (nSPS) is 15.8. The molecule has 132 valence electrons. The highest BCUT2D eigenvalue weighted by Crippen LogP contribution is 2.46. The summed E-state index contributed by atoms with van der Waals surface area (Å²) in [6, 6.07) is 9.42. The highest BCUT2D eigenvalue weighted by Gasteiger charge is 2.33. The number of methoxy groups -OCH3 is 1. The molecule has 2 aromatic rings. The van der Waals surface area contributed by atoms with E-state index < -0.39 is 11.9 Å². The molecular formula is C19H22N2O3S. The van der Waals surface area contributed by atoms with Crippen LogP contribution in [0.25, 0.3) is 10.4 Å². The van der Waals surface area contributed by atoms with Gasteiger partial charge in [-0.2, -0.15) is 0 Å². The quantitative estimate of drug-likeness (QED) is 0.861. The molecule has 0 fully saturated rings. The van der Waals surface area contributed by atoms with Gasteiger partial charge in [-0.1, -0.05) is 38.1 Å². The van der Waals surface area contributed by atoms with E-state index in [0.29, 0.717) is 4.88 Å². The molecule has 0 radical (unpaired) electrons. The molecule has 1 unspecified atom stereocenters. The number of thiophene rings is 1. The maximum absolute atomic E-state index is 12.6. The van der Waals surface area contributed by atoms with Crippen molar-refractivity contribution in [1.82, 2.24) is 5.32 Å². The highest BCUT2D eigenvalue weighted by molar-refractivity contribution is 7.17. The zero-order valence-corrected chi connectivity index (χ0v) is 15.4. The maximum atomic E-state index is 12.6. The molecule has 0 aliphatic heterocycles. The van der Waals surface area contributed by atoms with Crippen LogP contribution in [-0.2, 0) is 21.4 Å². The third-order valence-electron chi connectivity index (χ3n) is 4.55. The topological polar surface area (TPSA) is 81.4 Å². The summed E-state index contributed by atoms with van der Waals surface area (Å²) in [5.74, 6) is -0.904. The third-order valence-corrected chi connectivity index (χ3v) is 5.76. The van der Waals surface area contributed by atoms with Gasteiger partial charge in [0.1, 0.15) is 6.04 Å². The van der Waals surface area contributed by atoms with Crippen LogP contribution in [-0.4, -0.2) is 31.6 Å². The summed E-state index contributed by atoms with van der Waals surface area (Å²) in [6.45, 7) is 4.49. The summed E-state index contributed by atoms with van der Waals surface area (Å²) >= 11 is 1.45. The molecule has 1 heterocycles. The molecule has 6 heteroatoms. The summed E-state index contributed by atoms with van der Waals surface area (Å²) in [7, 11) is 1.46. The van der Waals surface area contributed by atoms with Gasteiger partial charge in [0.05, 0.1) is 11.5 Å². The van der Waals surface area contributed by atoms with Gasteiger partial charge in [-0.05, 0) is 34.6 Å². The molecule has 0 spiro atoms. The van der Waals surface area contributed by atoms with Crippen LogP contribution in [0.1, 0.15) is 34.6 Å². The number of primary amides is 1. The molecule has 0 saturated carbocycles. The largest absolute Gasteiger partial charge is 0.382 e. The maximum Gasteiger partial charge on any atom is 0.262 e. The van der Waals surface area contributed by atoms with Crippen molar-refractivity contribution in [2.75, 3.05) is 13.7 Å². The fourth-order valence-electron chi connectivity index (χ4n) is 3.33. The molecule has 1 aliphatic rings. The van der Waals surface area contributed by atoms with E-state index in [1.807, 2.05) is 12.1 Å². The van der Waals surface area contributed by atoms with Gasteiger partial charge in [0.15, 0.2) is 0 Å². The van der Waals surface area contributed by atoms with E-state index >= 15 is 0 Å². The zero-order chi connectivity index (χ0) is 18.2. The number of benzene rings is 1. The van der Waals surface area contributed by atoms with E-state index in [2.05, 4.69) is 37.4 Å². The minimum absolute atomic E-state index is 0.0181. The summed E-state index contributed by atoms with van der Waals surface area (Å²) in [5.41, 5.74) is 8.98. The Morgan fingerprint density at radius 2 is 2.08 bits per heavy atom. The Kier molecular flexibility index (Phi) is 4.67. The first kappa shape index (κ1) is 17.6. The molecule has 1 atom stereocenters. The van der Waals surface area contributed by atoms with Crippen LogP contribution in [0.3, 0.4) is 0 Å². The van der Waals surface area contributed by atoms with Crippen molar-refractivity contribution < 1.29 is 14.3 Å². The predicted molar refractivity (Wildman–Crippen MR) is 98.8 cm³/mol. The van der Waals surface area contributed by atoms with Crippen LogP contribution in [0.4, 0.5) is 0 Å².